The molecule has 3 N–H and O–H groups in total. The molecule has 0 radical (unpaired) electrons. The van der Waals surface area contributed by atoms with Crippen molar-refractivity contribution in [2.75, 3.05) is 26.7 Å². The number of piperidine rings is 1. The smallest absolute Gasteiger partial charge is 0.256 e. The molecule has 1 aliphatic rings. The molecule has 8 nitrogen and oxygen atoms in total. The number of hydrogen-bond donors (Lipinski definition) is 3. The summed E-state index contributed by atoms with van der Waals surface area (Å²) in [7, 11) is 1.52. The van der Waals surface area contributed by atoms with E-state index in [-0.39, 0.29) is 24.1 Å². The number of aromatic amines is 1. The van der Waals surface area contributed by atoms with Gasteiger partial charge in [0, 0.05) is 34.9 Å². The summed E-state index contributed by atoms with van der Waals surface area (Å²) in [6.07, 6.45) is 2.08. The van der Waals surface area contributed by atoms with Crippen molar-refractivity contribution in [3.8, 4) is 5.75 Å². The van der Waals surface area contributed by atoms with Crippen molar-refractivity contribution in [1.29, 1.82) is 0 Å². The number of carbonyl (C=O) groups is 1. The van der Waals surface area contributed by atoms with Gasteiger partial charge in [-0.1, -0.05) is 18.2 Å². The summed E-state index contributed by atoms with van der Waals surface area (Å²) in [5.41, 5.74) is 2.76. The number of nitrogens with zero attached hydrogens (tertiary/aromatic N) is 2. The minimum absolute atomic E-state index is 0.0752. The summed E-state index contributed by atoms with van der Waals surface area (Å²) in [5.74, 6) is 0.728. The fraction of sp³-hybridized carbons (Fsp3) is 0.517. The van der Waals surface area contributed by atoms with Gasteiger partial charge in [0.05, 0.1) is 30.4 Å². The standard InChI is InChI=1S/C29H40N4O4/c1-18-15-25(37-6)23(27(34)31-18)16-30-28(35)26-20(3)33(24-10-8-7-9-22(24)26)19(2)21-11-13-32(14-12-21)17-29(4,5)36/h7-10,15,19,21,36H,11-14,16-17H2,1-6H3,(H,30,35)(H,31,34). The molecule has 1 unspecified atom stereocenters. The van der Waals surface area contributed by atoms with Crippen molar-refractivity contribution in [2.45, 2.75) is 65.6 Å². The summed E-state index contributed by atoms with van der Waals surface area (Å²) in [6.45, 7) is 12.4. The number of methoxy groups -OCH3 is 1. The second-order valence-corrected chi connectivity index (χ2v) is 11.0. The van der Waals surface area contributed by atoms with Crippen LogP contribution >= 0.6 is 0 Å². The molecule has 0 bridgehead atoms. The average molecular weight is 509 g/mol. The van der Waals surface area contributed by atoms with E-state index in [1.165, 1.54) is 7.11 Å². The molecule has 1 aliphatic heterocycles. The van der Waals surface area contributed by atoms with Crippen molar-refractivity contribution in [2.24, 2.45) is 5.92 Å². The number of ether oxygens (including phenoxy) is 1. The molecule has 1 amide bonds. The summed E-state index contributed by atoms with van der Waals surface area (Å²) in [6, 6.07) is 10.0. The predicted molar refractivity (Wildman–Crippen MR) is 146 cm³/mol. The minimum atomic E-state index is -0.693. The first-order valence-electron chi connectivity index (χ1n) is 13.1. The quantitative estimate of drug-likeness (QED) is 0.428. The number of para-hydroxylation sites is 1. The first-order chi connectivity index (χ1) is 17.5. The van der Waals surface area contributed by atoms with E-state index >= 15 is 0 Å². The van der Waals surface area contributed by atoms with Crippen LogP contribution in [0.1, 0.15) is 67.0 Å². The van der Waals surface area contributed by atoms with Gasteiger partial charge < -0.3 is 29.6 Å². The van der Waals surface area contributed by atoms with Crippen LogP contribution in [0.5, 0.6) is 5.75 Å². The van der Waals surface area contributed by atoms with Crippen LogP contribution < -0.4 is 15.6 Å². The Labute approximate surface area is 218 Å². The number of amides is 1. The molecule has 1 atom stereocenters. The Kier molecular flexibility index (Phi) is 7.80. The number of aryl methyl sites for hydroxylation is 1. The molecule has 3 aromatic rings. The highest BCUT2D eigenvalue weighted by atomic mass is 16.5. The number of β-amino-alcohol motifs (C(OH)–C–C–N with tert-alkyl or cyclic N) is 1. The van der Waals surface area contributed by atoms with Gasteiger partial charge in [0.2, 0.25) is 0 Å². The van der Waals surface area contributed by atoms with Crippen LogP contribution in [0.3, 0.4) is 0 Å². The third-order valence-corrected chi connectivity index (χ3v) is 7.59. The van der Waals surface area contributed by atoms with E-state index in [0.29, 0.717) is 35.0 Å². The molecular formula is C29H40N4O4. The summed E-state index contributed by atoms with van der Waals surface area (Å²) >= 11 is 0. The number of likely N-dealkylation sites (tertiary alicyclic amines) is 1. The van der Waals surface area contributed by atoms with E-state index in [1.54, 1.807) is 13.0 Å². The Hall–Kier alpha value is -3.10. The number of nitrogens with one attached hydrogen (secondary N) is 2. The predicted octanol–water partition coefficient (Wildman–Crippen LogP) is 3.93. The lowest BCUT2D eigenvalue weighted by Gasteiger charge is -2.38. The zero-order chi connectivity index (χ0) is 26.9. The van der Waals surface area contributed by atoms with Gasteiger partial charge in [-0.05, 0) is 78.6 Å². The van der Waals surface area contributed by atoms with Crippen LogP contribution in [0.15, 0.2) is 35.1 Å². The minimum Gasteiger partial charge on any atom is -0.496 e. The zero-order valence-electron chi connectivity index (χ0n) is 22.9. The highest BCUT2D eigenvalue weighted by molar-refractivity contribution is 6.08. The molecular weight excluding hydrogens is 468 g/mol. The molecule has 2 aromatic heterocycles. The van der Waals surface area contributed by atoms with Gasteiger partial charge in [-0.25, -0.2) is 0 Å². The number of pyridine rings is 1. The maximum Gasteiger partial charge on any atom is 0.256 e. The van der Waals surface area contributed by atoms with E-state index in [9.17, 15) is 14.7 Å². The molecule has 0 spiro atoms. The van der Waals surface area contributed by atoms with Gasteiger partial charge in [-0.3, -0.25) is 9.59 Å². The van der Waals surface area contributed by atoms with E-state index < -0.39 is 5.60 Å². The topological polar surface area (TPSA) is 99.6 Å². The molecule has 1 aromatic carbocycles. The van der Waals surface area contributed by atoms with Gasteiger partial charge in [0.15, 0.2) is 0 Å². The first kappa shape index (κ1) is 26.9. The number of hydrogen-bond acceptors (Lipinski definition) is 5. The number of rotatable bonds is 8. The van der Waals surface area contributed by atoms with Crippen LogP contribution in [-0.2, 0) is 6.54 Å². The second-order valence-electron chi connectivity index (χ2n) is 11.0. The molecule has 1 fully saturated rings. The lowest BCUT2D eigenvalue weighted by atomic mass is 9.89. The van der Waals surface area contributed by atoms with Gasteiger partial charge >= 0.3 is 0 Å². The Morgan fingerprint density at radius 3 is 2.57 bits per heavy atom. The third-order valence-electron chi connectivity index (χ3n) is 7.59. The van der Waals surface area contributed by atoms with Gasteiger partial charge in [0.1, 0.15) is 5.75 Å². The number of fused-ring (bicyclic) bond motifs is 1. The Morgan fingerprint density at radius 1 is 1.24 bits per heavy atom. The third kappa shape index (κ3) is 5.75. The summed E-state index contributed by atoms with van der Waals surface area (Å²) < 4.78 is 7.69. The van der Waals surface area contributed by atoms with Gasteiger partial charge in [0.25, 0.3) is 11.5 Å². The van der Waals surface area contributed by atoms with Crippen LogP contribution in [0, 0.1) is 19.8 Å². The van der Waals surface area contributed by atoms with Crippen LogP contribution in [0.4, 0.5) is 0 Å². The van der Waals surface area contributed by atoms with E-state index in [1.807, 2.05) is 39.0 Å². The van der Waals surface area contributed by atoms with Crippen molar-refractivity contribution in [3.05, 3.63) is 63.2 Å². The molecule has 3 heterocycles. The molecule has 8 heteroatoms. The Bertz CT molecular complexity index is 1330. The first-order valence-corrected chi connectivity index (χ1v) is 13.1. The fourth-order valence-corrected chi connectivity index (χ4v) is 5.85. The van der Waals surface area contributed by atoms with Crippen molar-refractivity contribution < 1.29 is 14.6 Å². The Balaban J connectivity index is 1.58. The molecule has 200 valence electrons. The number of carbonyl (C=O) groups excluding carboxylic acids is 1. The van der Waals surface area contributed by atoms with E-state index in [2.05, 4.69) is 32.8 Å². The normalized spacial score (nSPS) is 16.2. The number of aromatic nitrogens is 2. The number of benzene rings is 1. The maximum atomic E-state index is 13.5. The van der Waals surface area contributed by atoms with E-state index in [0.717, 1.165) is 42.5 Å². The van der Waals surface area contributed by atoms with Crippen LogP contribution in [0.2, 0.25) is 0 Å². The highest BCUT2D eigenvalue weighted by Crippen LogP contribution is 2.36. The lowest BCUT2D eigenvalue weighted by molar-refractivity contribution is 0.0214. The van der Waals surface area contributed by atoms with Crippen molar-refractivity contribution in [3.63, 3.8) is 0 Å². The highest BCUT2D eigenvalue weighted by Gasteiger charge is 2.30. The van der Waals surface area contributed by atoms with Crippen LogP contribution in [-0.4, -0.2) is 57.8 Å². The summed E-state index contributed by atoms with van der Waals surface area (Å²) in [5, 5.41) is 14.1. The Morgan fingerprint density at radius 2 is 1.92 bits per heavy atom. The van der Waals surface area contributed by atoms with Crippen molar-refractivity contribution in [1.82, 2.24) is 19.8 Å². The fourth-order valence-electron chi connectivity index (χ4n) is 5.85. The monoisotopic (exact) mass is 508 g/mol. The number of H-pyrrole nitrogens is 1. The SMILES string of the molecule is COc1cc(C)[nH]c(=O)c1CNC(=O)c1c(C)n(C(C)C2CCN(CC(C)(C)O)CC2)c2ccccc12. The molecule has 4 rings (SSSR count). The van der Waals surface area contributed by atoms with Gasteiger partial charge in [-0.15, -0.1) is 0 Å². The zero-order valence-corrected chi connectivity index (χ0v) is 22.9. The molecule has 1 saturated heterocycles. The van der Waals surface area contributed by atoms with E-state index in [4.69, 9.17) is 4.74 Å². The lowest BCUT2D eigenvalue weighted by Crippen LogP contribution is -2.43. The van der Waals surface area contributed by atoms with Crippen LogP contribution in [0.25, 0.3) is 10.9 Å². The number of aliphatic hydroxyl groups is 1. The second kappa shape index (κ2) is 10.7. The average Bonchev–Trinajstić information content (AvgIpc) is 3.13. The summed E-state index contributed by atoms with van der Waals surface area (Å²) in [4.78, 5) is 31.1. The largest absolute Gasteiger partial charge is 0.496 e. The molecule has 0 aliphatic carbocycles. The molecule has 0 saturated carbocycles. The van der Waals surface area contributed by atoms with Crippen molar-refractivity contribution >= 4 is 16.8 Å². The maximum absolute atomic E-state index is 13.5. The molecule has 37 heavy (non-hydrogen) atoms. The van der Waals surface area contributed by atoms with Gasteiger partial charge in [-0.2, -0.15) is 0 Å².